The Kier molecular flexibility index (Phi) is 9.31. The van der Waals surface area contributed by atoms with E-state index in [0.717, 1.165) is 50.6 Å². The Balaban J connectivity index is 1.51. The Morgan fingerprint density at radius 3 is 2.39 bits per heavy atom. The van der Waals surface area contributed by atoms with Crippen LogP contribution in [0.3, 0.4) is 0 Å². The predicted octanol–water partition coefficient (Wildman–Crippen LogP) is 7.30. The summed E-state index contributed by atoms with van der Waals surface area (Å²) in [6.07, 6.45) is 2.13. The zero-order valence-electron chi connectivity index (χ0n) is 24.7. The highest BCUT2D eigenvalue weighted by molar-refractivity contribution is 9.10. The number of sulfonamides is 1. The number of rotatable bonds is 11. The van der Waals surface area contributed by atoms with E-state index in [0.29, 0.717) is 23.0 Å². The van der Waals surface area contributed by atoms with Crippen molar-refractivity contribution in [1.29, 1.82) is 0 Å². The van der Waals surface area contributed by atoms with Crippen LogP contribution in [0, 0.1) is 6.92 Å². The first-order chi connectivity index (χ1) is 21.2. The van der Waals surface area contributed by atoms with Gasteiger partial charge in [-0.2, -0.15) is 0 Å². The number of fused-ring (bicyclic) bond motifs is 1. The van der Waals surface area contributed by atoms with Crippen molar-refractivity contribution in [3.8, 4) is 11.1 Å². The molecule has 44 heavy (non-hydrogen) atoms. The lowest BCUT2D eigenvalue weighted by atomic mass is 10.0. The average Bonchev–Trinajstić information content (AvgIpc) is 3.35. The first-order valence-electron chi connectivity index (χ1n) is 14.3. The fourth-order valence-electron chi connectivity index (χ4n) is 5.26. The molecule has 8 nitrogen and oxygen atoms in total. The number of hydrogen-bond donors (Lipinski definition) is 0. The van der Waals surface area contributed by atoms with E-state index in [4.69, 9.17) is 9.72 Å². The molecule has 5 rings (SSSR count). The zero-order valence-corrected chi connectivity index (χ0v) is 27.1. The quantitative estimate of drug-likeness (QED) is 0.108. The van der Waals surface area contributed by atoms with Crippen LogP contribution in [0.5, 0.6) is 0 Å². The van der Waals surface area contributed by atoms with E-state index < -0.39 is 16.0 Å². The minimum Gasteiger partial charge on any atom is -0.461 e. The molecule has 0 bridgehead atoms. The molecule has 0 radical (unpaired) electrons. The summed E-state index contributed by atoms with van der Waals surface area (Å²) in [5, 5.41) is 0.993. The number of hydrogen-bond acceptors (Lipinski definition) is 6. The molecule has 1 amide bonds. The van der Waals surface area contributed by atoms with Gasteiger partial charge in [-0.1, -0.05) is 67.9 Å². The Morgan fingerprint density at radius 2 is 1.70 bits per heavy atom. The topological polar surface area (TPSA) is 98.6 Å². The lowest BCUT2D eigenvalue weighted by molar-refractivity contribution is -0.106. The van der Waals surface area contributed by atoms with Gasteiger partial charge in [0.25, 0.3) is 10.0 Å². The maximum Gasteiger partial charge on any atom is 0.357 e. The van der Waals surface area contributed by atoms with Gasteiger partial charge in [0.1, 0.15) is 10.5 Å². The van der Waals surface area contributed by atoms with Crippen LogP contribution in [0.2, 0.25) is 0 Å². The number of pyridine rings is 1. The zero-order chi connectivity index (χ0) is 31.4. The predicted molar refractivity (Wildman–Crippen MR) is 175 cm³/mol. The number of aromatic nitrogens is 2. The third kappa shape index (κ3) is 6.05. The molecular weight excluding hydrogens is 642 g/mol. The standard InChI is InChI=1S/C34H32BrN3O5S/c1-4-10-26-20-28-23(3)19-30(34(40)43-5-2)36-33(28)37(26)21-24-15-17-25(18-16-24)27-11-6-8-13-31(27)38(22-39)44(41,42)32-14-9-7-12-29(32)35/h6-9,11-20,22H,4-5,10,21H2,1-3H3. The van der Waals surface area contributed by atoms with Gasteiger partial charge >= 0.3 is 5.97 Å². The van der Waals surface area contributed by atoms with E-state index in [2.05, 4.69) is 33.5 Å². The largest absolute Gasteiger partial charge is 0.461 e. The van der Waals surface area contributed by atoms with Gasteiger partial charge in [0, 0.05) is 27.7 Å². The molecule has 0 unspecified atom stereocenters. The molecule has 0 aliphatic carbocycles. The van der Waals surface area contributed by atoms with E-state index in [1.54, 1.807) is 55.5 Å². The first-order valence-corrected chi connectivity index (χ1v) is 16.5. The second-order valence-electron chi connectivity index (χ2n) is 10.3. The van der Waals surface area contributed by atoms with Crippen LogP contribution in [-0.2, 0) is 32.5 Å². The summed E-state index contributed by atoms with van der Waals surface area (Å²) in [4.78, 5) is 29.5. The highest BCUT2D eigenvalue weighted by Crippen LogP contribution is 2.35. The number of esters is 1. The lowest BCUT2D eigenvalue weighted by Crippen LogP contribution is -2.30. The number of amides is 1. The fourth-order valence-corrected chi connectivity index (χ4v) is 7.47. The second kappa shape index (κ2) is 13.2. The molecule has 0 atom stereocenters. The van der Waals surface area contributed by atoms with Gasteiger partial charge in [0.15, 0.2) is 5.69 Å². The Morgan fingerprint density at radius 1 is 1.00 bits per heavy atom. The molecule has 2 aromatic heterocycles. The highest BCUT2D eigenvalue weighted by atomic mass is 79.9. The van der Waals surface area contributed by atoms with Gasteiger partial charge in [-0.25, -0.2) is 22.5 Å². The SMILES string of the molecule is CCCc1cc2c(C)cc(C(=O)OCC)nc2n1Cc1ccc(-c2ccccc2N(C=O)S(=O)(=O)c2ccccc2Br)cc1. The van der Waals surface area contributed by atoms with Crippen LogP contribution < -0.4 is 4.31 Å². The molecule has 226 valence electrons. The van der Waals surface area contributed by atoms with Crippen molar-refractivity contribution in [3.63, 3.8) is 0 Å². The molecule has 0 saturated carbocycles. The van der Waals surface area contributed by atoms with Crippen molar-refractivity contribution < 1.29 is 22.7 Å². The van der Waals surface area contributed by atoms with Crippen LogP contribution in [0.1, 0.15) is 47.6 Å². The third-order valence-corrected chi connectivity index (χ3v) is 10.0. The Labute approximate surface area is 265 Å². The van der Waals surface area contributed by atoms with Gasteiger partial charge in [0.05, 0.1) is 12.3 Å². The number of benzene rings is 3. The summed E-state index contributed by atoms with van der Waals surface area (Å²) in [6.45, 7) is 6.66. The molecule has 0 fully saturated rings. The summed E-state index contributed by atoms with van der Waals surface area (Å²) < 4.78 is 35.6. The number of para-hydroxylation sites is 1. The minimum atomic E-state index is -4.18. The van der Waals surface area contributed by atoms with Crippen LogP contribution in [0.4, 0.5) is 5.69 Å². The first kappa shape index (κ1) is 31.2. The molecule has 3 aromatic carbocycles. The molecule has 0 N–H and O–H groups in total. The molecular formula is C34H32BrN3O5S. The summed E-state index contributed by atoms with van der Waals surface area (Å²) in [7, 11) is -4.18. The molecule has 0 aliphatic heterocycles. The number of halogens is 1. The van der Waals surface area contributed by atoms with Crippen molar-refractivity contribution in [2.75, 3.05) is 10.9 Å². The normalized spacial score (nSPS) is 11.5. The summed E-state index contributed by atoms with van der Waals surface area (Å²) >= 11 is 3.30. The van der Waals surface area contributed by atoms with E-state index in [-0.39, 0.29) is 22.9 Å². The van der Waals surface area contributed by atoms with Crippen molar-refractivity contribution in [3.05, 3.63) is 112 Å². The van der Waals surface area contributed by atoms with E-state index in [9.17, 15) is 18.0 Å². The van der Waals surface area contributed by atoms with Gasteiger partial charge < -0.3 is 9.30 Å². The molecule has 10 heteroatoms. The second-order valence-corrected chi connectivity index (χ2v) is 12.9. The molecule has 5 aromatic rings. The van der Waals surface area contributed by atoms with Crippen LogP contribution in [0.25, 0.3) is 22.2 Å². The van der Waals surface area contributed by atoms with Crippen molar-refractivity contribution in [2.45, 2.75) is 45.1 Å². The number of aryl methyl sites for hydroxylation is 2. The van der Waals surface area contributed by atoms with Crippen molar-refractivity contribution in [1.82, 2.24) is 9.55 Å². The van der Waals surface area contributed by atoms with E-state index in [1.165, 1.54) is 6.07 Å². The third-order valence-electron chi connectivity index (χ3n) is 7.37. The number of carbonyl (C=O) groups excluding carboxylic acids is 2. The van der Waals surface area contributed by atoms with E-state index in [1.807, 2.05) is 31.2 Å². The fraction of sp³-hybridized carbons (Fsp3) is 0.206. The van der Waals surface area contributed by atoms with Gasteiger partial charge in [0.2, 0.25) is 6.41 Å². The highest BCUT2D eigenvalue weighted by Gasteiger charge is 2.28. The smallest absolute Gasteiger partial charge is 0.357 e. The summed E-state index contributed by atoms with van der Waals surface area (Å²) in [5.41, 5.74) is 5.67. The van der Waals surface area contributed by atoms with Gasteiger partial charge in [-0.05, 0) is 83.2 Å². The van der Waals surface area contributed by atoms with Crippen LogP contribution in [-0.4, -0.2) is 37.0 Å². The maximum atomic E-state index is 13.5. The summed E-state index contributed by atoms with van der Waals surface area (Å²) in [5.74, 6) is -0.448. The Hall–Kier alpha value is -4.28. The Bertz CT molecular complexity index is 1950. The maximum absolute atomic E-state index is 13.5. The molecule has 0 saturated heterocycles. The average molecular weight is 675 g/mol. The number of anilines is 1. The molecule has 2 heterocycles. The molecule has 0 aliphatic rings. The van der Waals surface area contributed by atoms with Gasteiger partial charge in [-0.15, -0.1) is 0 Å². The number of ether oxygens (including phenoxy) is 1. The van der Waals surface area contributed by atoms with Crippen LogP contribution >= 0.6 is 15.9 Å². The summed E-state index contributed by atoms with van der Waals surface area (Å²) in [6, 6.07) is 25.0. The number of nitrogens with zero attached hydrogens (tertiary/aromatic N) is 3. The number of carbonyl (C=O) groups is 2. The molecule has 0 spiro atoms. The lowest BCUT2D eigenvalue weighted by Gasteiger charge is -2.21. The monoisotopic (exact) mass is 673 g/mol. The van der Waals surface area contributed by atoms with Gasteiger partial charge in [-0.3, -0.25) is 4.79 Å². The van der Waals surface area contributed by atoms with E-state index >= 15 is 0 Å². The van der Waals surface area contributed by atoms with Crippen molar-refractivity contribution >= 4 is 55.1 Å². The van der Waals surface area contributed by atoms with Crippen LogP contribution in [0.15, 0.2) is 94.3 Å². The van der Waals surface area contributed by atoms with Crippen molar-refractivity contribution in [2.24, 2.45) is 0 Å². The minimum absolute atomic E-state index is 0.00551.